The van der Waals surface area contributed by atoms with Crippen LogP contribution < -0.4 is 0 Å². The van der Waals surface area contributed by atoms with Crippen LogP contribution in [0.4, 0.5) is 0 Å². The molecule has 3 heteroatoms. The van der Waals surface area contributed by atoms with Crippen molar-refractivity contribution in [2.45, 2.75) is 45.0 Å². The van der Waals surface area contributed by atoms with Gasteiger partial charge in [0.2, 0.25) is 0 Å². The predicted molar refractivity (Wildman–Crippen MR) is 65.2 cm³/mol. The summed E-state index contributed by atoms with van der Waals surface area (Å²) in [6.45, 7) is 4.75. The van der Waals surface area contributed by atoms with Crippen molar-refractivity contribution in [3.63, 3.8) is 0 Å². The van der Waals surface area contributed by atoms with E-state index in [9.17, 15) is 0 Å². The van der Waals surface area contributed by atoms with E-state index in [1.165, 1.54) is 0 Å². The smallest absolute Gasteiger partial charge is 0.191 e. The molecule has 0 aromatic heterocycles. The summed E-state index contributed by atoms with van der Waals surface area (Å²) < 4.78 is 5.46. The Labute approximate surface area is 103 Å². The van der Waals surface area contributed by atoms with E-state index in [1.54, 1.807) is 0 Å². The molecule has 17 heavy (non-hydrogen) atoms. The van der Waals surface area contributed by atoms with Gasteiger partial charge in [0.25, 0.3) is 0 Å². The van der Waals surface area contributed by atoms with Gasteiger partial charge in [-0.2, -0.15) is 0 Å². The Hall–Kier alpha value is -0.900. The fourth-order valence-corrected chi connectivity index (χ4v) is 1.85. The molecule has 1 aliphatic rings. The Morgan fingerprint density at radius 2 is 1.94 bits per heavy atom. The van der Waals surface area contributed by atoms with Crippen molar-refractivity contribution >= 4 is 0 Å². The first-order chi connectivity index (χ1) is 8.18. The summed E-state index contributed by atoms with van der Waals surface area (Å²) in [7, 11) is 0. The Morgan fingerprint density at radius 3 is 2.59 bits per heavy atom. The molecule has 1 atom stereocenters. The molecule has 1 unspecified atom stereocenters. The average Bonchev–Trinajstić information content (AvgIpc) is 2.39. The fourth-order valence-electron chi connectivity index (χ4n) is 1.85. The lowest BCUT2D eigenvalue weighted by Crippen LogP contribution is -2.29. The van der Waals surface area contributed by atoms with Crippen LogP contribution >= 0.6 is 0 Å². The van der Waals surface area contributed by atoms with E-state index in [-0.39, 0.29) is 6.29 Å². The lowest BCUT2D eigenvalue weighted by Gasteiger charge is -2.28. The van der Waals surface area contributed by atoms with Gasteiger partial charge in [0.05, 0.1) is 0 Å². The molecule has 3 nitrogen and oxygen atoms in total. The number of benzene rings is 1. The standard InChI is InChI=1S/C14H20O3/c1-14(2,12-8-4-3-5-9-12)17-16-13-10-6-7-11-15-13/h3-5,8-9,13H,6-7,10-11H2,1-2H3. The van der Waals surface area contributed by atoms with Crippen LogP contribution in [0, 0.1) is 0 Å². The molecule has 2 rings (SSSR count). The van der Waals surface area contributed by atoms with Crippen LogP contribution in [0.5, 0.6) is 0 Å². The zero-order chi connectivity index (χ0) is 12.1. The van der Waals surface area contributed by atoms with Gasteiger partial charge >= 0.3 is 0 Å². The van der Waals surface area contributed by atoms with E-state index in [1.807, 2.05) is 44.2 Å². The molecule has 1 aromatic rings. The normalized spacial score (nSPS) is 21.4. The van der Waals surface area contributed by atoms with Gasteiger partial charge in [-0.15, -0.1) is 0 Å². The van der Waals surface area contributed by atoms with Gasteiger partial charge in [-0.05, 0) is 32.3 Å². The number of hydrogen-bond donors (Lipinski definition) is 0. The molecule has 1 heterocycles. The second kappa shape index (κ2) is 5.63. The minimum Gasteiger partial charge on any atom is -0.350 e. The summed E-state index contributed by atoms with van der Waals surface area (Å²) in [5.74, 6) is 0. The summed E-state index contributed by atoms with van der Waals surface area (Å²) in [6.07, 6.45) is 2.94. The Balaban J connectivity index is 1.88. The molecular formula is C14H20O3. The minimum absolute atomic E-state index is 0.216. The molecule has 0 amide bonds. The third kappa shape index (κ3) is 3.53. The molecule has 0 spiro atoms. The summed E-state index contributed by atoms with van der Waals surface area (Å²) >= 11 is 0. The molecule has 0 N–H and O–H groups in total. The first-order valence-electron chi connectivity index (χ1n) is 6.20. The van der Waals surface area contributed by atoms with E-state index in [2.05, 4.69) is 0 Å². The quantitative estimate of drug-likeness (QED) is 0.592. The van der Waals surface area contributed by atoms with Crippen LogP contribution in [0.3, 0.4) is 0 Å². The van der Waals surface area contributed by atoms with E-state index in [0.717, 1.165) is 31.4 Å². The summed E-state index contributed by atoms with van der Waals surface area (Å²) in [4.78, 5) is 10.9. The van der Waals surface area contributed by atoms with Crippen LogP contribution in [0.25, 0.3) is 0 Å². The minimum atomic E-state index is -0.456. The Bertz CT molecular complexity index is 329. The summed E-state index contributed by atoms with van der Waals surface area (Å²) in [5, 5.41) is 0. The highest BCUT2D eigenvalue weighted by Crippen LogP contribution is 2.26. The molecule has 94 valence electrons. The van der Waals surface area contributed by atoms with Crippen LogP contribution in [-0.4, -0.2) is 12.9 Å². The average molecular weight is 236 g/mol. The Kier molecular flexibility index (Phi) is 4.15. The van der Waals surface area contributed by atoms with Gasteiger partial charge in [0, 0.05) is 13.0 Å². The van der Waals surface area contributed by atoms with Gasteiger partial charge in [-0.25, -0.2) is 9.78 Å². The zero-order valence-electron chi connectivity index (χ0n) is 10.5. The highest BCUT2D eigenvalue weighted by Gasteiger charge is 2.25. The van der Waals surface area contributed by atoms with E-state index >= 15 is 0 Å². The van der Waals surface area contributed by atoms with Gasteiger partial charge in [-0.1, -0.05) is 30.3 Å². The monoisotopic (exact) mass is 236 g/mol. The maximum atomic E-state index is 5.53. The number of ether oxygens (including phenoxy) is 1. The summed E-state index contributed by atoms with van der Waals surface area (Å²) in [6, 6.07) is 10.1. The lowest BCUT2D eigenvalue weighted by atomic mass is 9.99. The number of hydrogen-bond acceptors (Lipinski definition) is 3. The third-order valence-corrected chi connectivity index (χ3v) is 2.97. The topological polar surface area (TPSA) is 27.7 Å². The number of rotatable bonds is 4. The maximum absolute atomic E-state index is 5.53. The van der Waals surface area contributed by atoms with Gasteiger partial charge in [-0.3, -0.25) is 0 Å². The second-order valence-electron chi connectivity index (χ2n) is 4.85. The van der Waals surface area contributed by atoms with Crippen LogP contribution in [-0.2, 0) is 20.1 Å². The van der Waals surface area contributed by atoms with Crippen molar-refractivity contribution in [2.75, 3.05) is 6.61 Å². The van der Waals surface area contributed by atoms with Gasteiger partial charge in [0.1, 0.15) is 5.60 Å². The highest BCUT2D eigenvalue weighted by atomic mass is 17.2. The third-order valence-electron chi connectivity index (χ3n) is 2.97. The largest absolute Gasteiger partial charge is 0.350 e. The van der Waals surface area contributed by atoms with Gasteiger partial charge < -0.3 is 4.74 Å². The molecule has 0 aliphatic carbocycles. The van der Waals surface area contributed by atoms with E-state index < -0.39 is 5.60 Å². The van der Waals surface area contributed by atoms with Crippen molar-refractivity contribution in [1.82, 2.24) is 0 Å². The van der Waals surface area contributed by atoms with Crippen LogP contribution in [0.2, 0.25) is 0 Å². The zero-order valence-corrected chi connectivity index (χ0v) is 10.5. The molecule has 1 aliphatic heterocycles. The Morgan fingerprint density at radius 1 is 1.18 bits per heavy atom. The van der Waals surface area contributed by atoms with Gasteiger partial charge in [0.15, 0.2) is 6.29 Å². The SMILES string of the molecule is CC(C)(OOC1CCCCO1)c1ccccc1. The van der Waals surface area contributed by atoms with Crippen LogP contribution in [0.1, 0.15) is 38.7 Å². The first kappa shape index (κ1) is 12.6. The van der Waals surface area contributed by atoms with E-state index in [0.29, 0.717) is 0 Å². The summed E-state index contributed by atoms with van der Waals surface area (Å²) in [5.41, 5.74) is 0.637. The van der Waals surface area contributed by atoms with E-state index in [4.69, 9.17) is 14.5 Å². The molecule has 0 radical (unpaired) electrons. The van der Waals surface area contributed by atoms with Crippen molar-refractivity contribution in [3.8, 4) is 0 Å². The lowest BCUT2D eigenvalue weighted by molar-refractivity contribution is -0.427. The molecule has 1 saturated heterocycles. The molecule has 0 saturated carbocycles. The molecule has 1 aromatic carbocycles. The second-order valence-corrected chi connectivity index (χ2v) is 4.85. The van der Waals surface area contributed by atoms with Crippen LogP contribution in [0.15, 0.2) is 30.3 Å². The fraction of sp³-hybridized carbons (Fsp3) is 0.571. The van der Waals surface area contributed by atoms with Crippen molar-refractivity contribution in [1.29, 1.82) is 0 Å². The molecular weight excluding hydrogens is 216 g/mol. The molecule has 0 bridgehead atoms. The molecule has 1 fully saturated rings. The van der Waals surface area contributed by atoms with Crippen molar-refractivity contribution in [2.24, 2.45) is 0 Å². The predicted octanol–water partition coefficient (Wildman–Crippen LogP) is 3.40. The highest BCUT2D eigenvalue weighted by molar-refractivity contribution is 5.20. The first-order valence-corrected chi connectivity index (χ1v) is 6.20. The van der Waals surface area contributed by atoms with Crippen molar-refractivity contribution in [3.05, 3.63) is 35.9 Å². The maximum Gasteiger partial charge on any atom is 0.191 e. The van der Waals surface area contributed by atoms with Crippen molar-refractivity contribution < 1.29 is 14.5 Å².